The van der Waals surface area contributed by atoms with Crippen molar-refractivity contribution >= 4 is 11.7 Å². The lowest BCUT2D eigenvalue weighted by atomic mass is 9.89. The minimum absolute atomic E-state index is 0.163. The van der Waals surface area contributed by atoms with Crippen LogP contribution in [0.1, 0.15) is 37.0 Å². The van der Waals surface area contributed by atoms with Crippen molar-refractivity contribution in [1.29, 1.82) is 0 Å². The summed E-state index contributed by atoms with van der Waals surface area (Å²) in [4.78, 5) is 11.5. The molecule has 0 amide bonds. The molecule has 1 aromatic carbocycles. The van der Waals surface area contributed by atoms with Crippen LogP contribution in [0.2, 0.25) is 0 Å². The van der Waals surface area contributed by atoms with E-state index in [1.165, 1.54) is 7.11 Å². The molecule has 1 aliphatic rings. The molecule has 1 aliphatic heterocycles. The Kier molecular flexibility index (Phi) is 4.10. The topological polar surface area (TPSA) is 50.4 Å². The first-order valence-corrected chi connectivity index (χ1v) is 6.70. The molecule has 0 radical (unpaired) electrons. The van der Waals surface area contributed by atoms with Gasteiger partial charge in [-0.3, -0.25) is 0 Å². The number of anilines is 1. The summed E-state index contributed by atoms with van der Waals surface area (Å²) in [7, 11) is 1.40. The van der Waals surface area contributed by atoms with Crippen LogP contribution in [0, 0.1) is 0 Å². The molecule has 0 spiro atoms. The van der Waals surface area contributed by atoms with Crippen LogP contribution >= 0.6 is 0 Å². The number of methoxy groups -OCH3 is 1. The molecule has 2 N–H and O–H groups in total. The zero-order valence-corrected chi connectivity index (χ0v) is 11.8. The molecule has 1 aromatic rings. The SMILES string of the molecule is COC(=O)c1cccc(NC2CCNC(C)(C)C2)c1. The van der Waals surface area contributed by atoms with E-state index < -0.39 is 0 Å². The zero-order chi connectivity index (χ0) is 13.9. The van der Waals surface area contributed by atoms with Crippen molar-refractivity contribution in [2.24, 2.45) is 0 Å². The maximum atomic E-state index is 11.5. The summed E-state index contributed by atoms with van der Waals surface area (Å²) in [5.41, 5.74) is 1.72. The average molecular weight is 262 g/mol. The van der Waals surface area contributed by atoms with Gasteiger partial charge in [0, 0.05) is 17.3 Å². The van der Waals surface area contributed by atoms with Crippen molar-refractivity contribution < 1.29 is 9.53 Å². The molecule has 1 fully saturated rings. The maximum Gasteiger partial charge on any atom is 0.337 e. The second kappa shape index (κ2) is 5.61. The number of ether oxygens (including phenoxy) is 1. The summed E-state index contributed by atoms with van der Waals surface area (Å²) in [5, 5.41) is 7.01. The van der Waals surface area contributed by atoms with Gasteiger partial charge in [0.05, 0.1) is 12.7 Å². The highest BCUT2D eigenvalue weighted by Crippen LogP contribution is 2.22. The van der Waals surface area contributed by atoms with Gasteiger partial charge in [-0.25, -0.2) is 4.79 Å². The largest absolute Gasteiger partial charge is 0.465 e. The number of carbonyl (C=O) groups excluding carboxylic acids is 1. The van der Waals surface area contributed by atoms with E-state index in [2.05, 4.69) is 24.5 Å². The molecular formula is C15H22N2O2. The summed E-state index contributed by atoms with van der Waals surface area (Å²) in [6.45, 7) is 5.44. The van der Waals surface area contributed by atoms with E-state index in [0.29, 0.717) is 11.6 Å². The summed E-state index contributed by atoms with van der Waals surface area (Å²) in [6.07, 6.45) is 2.15. The van der Waals surface area contributed by atoms with Crippen molar-refractivity contribution in [2.45, 2.75) is 38.3 Å². The van der Waals surface area contributed by atoms with E-state index in [0.717, 1.165) is 25.1 Å². The quantitative estimate of drug-likeness (QED) is 0.821. The van der Waals surface area contributed by atoms with Crippen molar-refractivity contribution in [3.63, 3.8) is 0 Å². The first-order chi connectivity index (χ1) is 9.00. The molecule has 1 saturated heterocycles. The van der Waals surface area contributed by atoms with Crippen LogP contribution in [0.4, 0.5) is 5.69 Å². The van der Waals surface area contributed by atoms with Crippen LogP contribution in [0.3, 0.4) is 0 Å². The van der Waals surface area contributed by atoms with E-state index in [1.54, 1.807) is 6.07 Å². The fourth-order valence-corrected chi connectivity index (χ4v) is 2.59. The molecule has 4 nitrogen and oxygen atoms in total. The summed E-state index contributed by atoms with van der Waals surface area (Å²) in [6, 6.07) is 7.91. The van der Waals surface area contributed by atoms with Crippen molar-refractivity contribution in [3.8, 4) is 0 Å². The normalized spacial score (nSPS) is 21.7. The Morgan fingerprint density at radius 2 is 2.26 bits per heavy atom. The first-order valence-electron chi connectivity index (χ1n) is 6.70. The lowest BCUT2D eigenvalue weighted by molar-refractivity contribution is 0.0601. The summed E-state index contributed by atoms with van der Waals surface area (Å²) in [5.74, 6) is -0.297. The van der Waals surface area contributed by atoms with Gasteiger partial charge in [0.15, 0.2) is 0 Å². The Bertz CT molecular complexity index is 457. The maximum absolute atomic E-state index is 11.5. The van der Waals surface area contributed by atoms with Crippen LogP contribution in [0.25, 0.3) is 0 Å². The smallest absolute Gasteiger partial charge is 0.337 e. The predicted octanol–water partition coefficient (Wildman–Crippen LogP) is 2.42. The molecule has 1 unspecified atom stereocenters. The van der Waals surface area contributed by atoms with Crippen molar-refractivity contribution in [3.05, 3.63) is 29.8 Å². The number of esters is 1. The molecule has 1 atom stereocenters. The van der Waals surface area contributed by atoms with E-state index in [1.807, 2.05) is 18.2 Å². The molecule has 0 saturated carbocycles. The molecule has 0 aliphatic carbocycles. The minimum atomic E-state index is -0.297. The number of rotatable bonds is 3. The van der Waals surface area contributed by atoms with Gasteiger partial charge in [0.2, 0.25) is 0 Å². The third-order valence-corrected chi connectivity index (χ3v) is 3.51. The van der Waals surface area contributed by atoms with Gasteiger partial charge in [-0.05, 0) is 51.4 Å². The number of benzene rings is 1. The highest BCUT2D eigenvalue weighted by molar-refractivity contribution is 5.90. The van der Waals surface area contributed by atoms with Crippen LogP contribution < -0.4 is 10.6 Å². The predicted molar refractivity (Wildman–Crippen MR) is 76.5 cm³/mol. The third-order valence-electron chi connectivity index (χ3n) is 3.51. The van der Waals surface area contributed by atoms with Crippen molar-refractivity contribution in [2.75, 3.05) is 19.0 Å². The lowest BCUT2D eigenvalue weighted by Gasteiger charge is -2.37. The molecule has 1 heterocycles. The molecule has 4 heteroatoms. The summed E-state index contributed by atoms with van der Waals surface area (Å²) < 4.78 is 4.74. The number of hydrogen-bond acceptors (Lipinski definition) is 4. The number of carbonyl (C=O) groups is 1. The number of hydrogen-bond donors (Lipinski definition) is 2. The Morgan fingerprint density at radius 1 is 1.47 bits per heavy atom. The Labute approximate surface area is 114 Å². The second-order valence-electron chi connectivity index (χ2n) is 5.72. The van der Waals surface area contributed by atoms with Gasteiger partial charge in [0.1, 0.15) is 0 Å². The molecule has 0 bridgehead atoms. The molecular weight excluding hydrogens is 240 g/mol. The van der Waals surface area contributed by atoms with Crippen LogP contribution in [-0.2, 0) is 4.74 Å². The summed E-state index contributed by atoms with van der Waals surface area (Å²) >= 11 is 0. The van der Waals surface area contributed by atoms with Gasteiger partial charge in [-0.2, -0.15) is 0 Å². The van der Waals surface area contributed by atoms with Crippen molar-refractivity contribution in [1.82, 2.24) is 5.32 Å². The first kappa shape index (κ1) is 13.9. The van der Waals surface area contributed by atoms with E-state index >= 15 is 0 Å². The fraction of sp³-hybridized carbons (Fsp3) is 0.533. The van der Waals surface area contributed by atoms with Gasteiger partial charge in [-0.1, -0.05) is 6.07 Å². The van der Waals surface area contributed by atoms with E-state index in [-0.39, 0.29) is 11.5 Å². The second-order valence-corrected chi connectivity index (χ2v) is 5.72. The van der Waals surface area contributed by atoms with Gasteiger partial charge >= 0.3 is 5.97 Å². The highest BCUT2D eigenvalue weighted by Gasteiger charge is 2.27. The monoisotopic (exact) mass is 262 g/mol. The minimum Gasteiger partial charge on any atom is -0.465 e. The Morgan fingerprint density at radius 3 is 2.95 bits per heavy atom. The molecule has 0 aromatic heterocycles. The Balaban J connectivity index is 2.05. The molecule has 104 valence electrons. The molecule has 19 heavy (non-hydrogen) atoms. The van der Waals surface area contributed by atoms with Gasteiger partial charge < -0.3 is 15.4 Å². The van der Waals surface area contributed by atoms with Gasteiger partial charge in [0.25, 0.3) is 0 Å². The molecule has 2 rings (SSSR count). The number of piperidine rings is 1. The highest BCUT2D eigenvalue weighted by atomic mass is 16.5. The van der Waals surface area contributed by atoms with Crippen LogP contribution in [0.15, 0.2) is 24.3 Å². The Hall–Kier alpha value is -1.55. The van der Waals surface area contributed by atoms with E-state index in [4.69, 9.17) is 4.74 Å². The van der Waals surface area contributed by atoms with Crippen LogP contribution in [-0.4, -0.2) is 31.2 Å². The zero-order valence-electron chi connectivity index (χ0n) is 11.8. The fourth-order valence-electron chi connectivity index (χ4n) is 2.59. The number of nitrogens with one attached hydrogen (secondary N) is 2. The van der Waals surface area contributed by atoms with Gasteiger partial charge in [-0.15, -0.1) is 0 Å². The van der Waals surface area contributed by atoms with E-state index in [9.17, 15) is 4.79 Å². The lowest BCUT2D eigenvalue weighted by Crippen LogP contribution is -2.50. The average Bonchev–Trinajstić information content (AvgIpc) is 2.37. The van der Waals surface area contributed by atoms with Crippen LogP contribution in [0.5, 0.6) is 0 Å². The third kappa shape index (κ3) is 3.70. The standard InChI is InChI=1S/C15H22N2O2/c1-15(2)10-13(7-8-16-15)17-12-6-4-5-11(9-12)14(18)19-3/h4-6,9,13,16-17H,7-8,10H2,1-3H3.